The highest BCUT2D eigenvalue weighted by Gasteiger charge is 2.76. The van der Waals surface area contributed by atoms with Gasteiger partial charge in [-0.05, 0) is 87.4 Å². The van der Waals surface area contributed by atoms with E-state index in [1.807, 2.05) is 0 Å². The summed E-state index contributed by atoms with van der Waals surface area (Å²) in [6, 6.07) is 0. The SMILES string of the molecule is CC1CC[C@@]2(OC1)O[C@H]1C[C@@H]3[C@@H]4CC=C5CC(OC6OC(CO)C(O)C(OC7OC(C)C(O)C(O)C7O)C6O)CC[C@]5(C)[C@@H]4CC[C@]3(C)[C@@]1(O)C2C. The molecule has 52 heavy (non-hydrogen) atoms. The molecule has 0 bridgehead atoms. The Kier molecular flexibility index (Phi) is 9.83. The average molecular weight is 739 g/mol. The van der Waals surface area contributed by atoms with Crippen LogP contribution in [-0.4, -0.2) is 134 Å². The van der Waals surface area contributed by atoms with E-state index in [2.05, 4.69) is 33.8 Å². The van der Waals surface area contributed by atoms with E-state index < -0.39 is 79.4 Å². The van der Waals surface area contributed by atoms with Gasteiger partial charge in [-0.3, -0.25) is 0 Å². The fourth-order valence-corrected chi connectivity index (χ4v) is 12.5. The largest absolute Gasteiger partial charge is 0.394 e. The van der Waals surface area contributed by atoms with Gasteiger partial charge in [-0.1, -0.05) is 39.3 Å². The van der Waals surface area contributed by atoms with Crippen LogP contribution >= 0.6 is 0 Å². The maximum Gasteiger partial charge on any atom is 0.187 e. The molecule has 0 radical (unpaired) electrons. The van der Waals surface area contributed by atoms with Crippen molar-refractivity contribution >= 4 is 0 Å². The lowest BCUT2D eigenvalue weighted by atomic mass is 9.46. The molecule has 8 aliphatic rings. The van der Waals surface area contributed by atoms with Crippen LogP contribution in [-0.2, 0) is 28.4 Å². The lowest BCUT2D eigenvalue weighted by molar-refractivity contribution is -0.361. The number of aliphatic hydroxyl groups is 7. The third kappa shape index (κ3) is 5.50. The molecule has 13 nitrogen and oxygen atoms in total. The summed E-state index contributed by atoms with van der Waals surface area (Å²) in [4.78, 5) is 0. The van der Waals surface area contributed by atoms with Crippen molar-refractivity contribution in [2.75, 3.05) is 13.2 Å². The van der Waals surface area contributed by atoms with Gasteiger partial charge in [0, 0.05) is 17.8 Å². The zero-order valence-corrected chi connectivity index (χ0v) is 31.3. The fraction of sp³-hybridized carbons (Fsp3) is 0.949. The van der Waals surface area contributed by atoms with Crippen molar-refractivity contribution in [3.8, 4) is 0 Å². The van der Waals surface area contributed by atoms with Gasteiger partial charge in [0.15, 0.2) is 18.4 Å². The van der Waals surface area contributed by atoms with Crippen molar-refractivity contribution in [1.82, 2.24) is 0 Å². The Morgan fingerprint density at radius 2 is 1.58 bits per heavy atom. The molecule has 13 heteroatoms. The maximum absolute atomic E-state index is 12.7. The quantitative estimate of drug-likeness (QED) is 0.201. The van der Waals surface area contributed by atoms with E-state index in [4.69, 9.17) is 28.4 Å². The summed E-state index contributed by atoms with van der Waals surface area (Å²) in [6.07, 6.45) is -3.80. The minimum Gasteiger partial charge on any atom is -0.394 e. The van der Waals surface area contributed by atoms with Crippen LogP contribution in [0.2, 0.25) is 0 Å². The molecular formula is C39H62O13. The van der Waals surface area contributed by atoms with Crippen molar-refractivity contribution in [2.45, 2.75) is 177 Å². The van der Waals surface area contributed by atoms with Gasteiger partial charge in [-0.2, -0.15) is 0 Å². The minimum atomic E-state index is -1.63. The zero-order valence-electron chi connectivity index (χ0n) is 31.3. The highest BCUT2D eigenvalue weighted by Crippen LogP contribution is 2.72. The first-order valence-electron chi connectivity index (χ1n) is 19.9. The van der Waals surface area contributed by atoms with Crippen LogP contribution in [0.15, 0.2) is 11.6 Å². The molecule has 7 fully saturated rings. The number of fused-ring (bicyclic) bond motifs is 7. The van der Waals surface area contributed by atoms with E-state index in [1.165, 1.54) is 12.5 Å². The van der Waals surface area contributed by atoms with Gasteiger partial charge >= 0.3 is 0 Å². The van der Waals surface area contributed by atoms with Crippen LogP contribution in [0.1, 0.15) is 92.4 Å². The van der Waals surface area contributed by atoms with Crippen molar-refractivity contribution in [1.29, 1.82) is 0 Å². The highest BCUT2D eigenvalue weighted by molar-refractivity contribution is 5.29. The number of hydrogen-bond donors (Lipinski definition) is 7. The van der Waals surface area contributed by atoms with Crippen LogP contribution in [0.3, 0.4) is 0 Å². The Balaban J connectivity index is 0.952. The van der Waals surface area contributed by atoms with Crippen molar-refractivity contribution in [3.05, 3.63) is 11.6 Å². The monoisotopic (exact) mass is 738 g/mol. The highest BCUT2D eigenvalue weighted by atomic mass is 16.7. The molecule has 0 amide bonds. The van der Waals surface area contributed by atoms with Crippen LogP contribution in [0.5, 0.6) is 0 Å². The lowest BCUT2D eigenvalue weighted by Crippen LogP contribution is -2.64. The van der Waals surface area contributed by atoms with Crippen molar-refractivity contribution in [3.63, 3.8) is 0 Å². The Hall–Kier alpha value is -0.780. The molecule has 4 heterocycles. The molecule has 4 aliphatic carbocycles. The summed E-state index contributed by atoms with van der Waals surface area (Å²) in [5.74, 6) is 0.963. The molecule has 4 saturated heterocycles. The van der Waals surface area contributed by atoms with E-state index in [0.29, 0.717) is 36.7 Å². The van der Waals surface area contributed by atoms with Gasteiger partial charge in [-0.25, -0.2) is 0 Å². The molecule has 0 aromatic heterocycles. The third-order valence-electron chi connectivity index (χ3n) is 15.8. The second-order valence-electron chi connectivity index (χ2n) is 18.4. The molecule has 1 spiro atoms. The molecule has 3 saturated carbocycles. The second-order valence-corrected chi connectivity index (χ2v) is 18.4. The van der Waals surface area contributed by atoms with Crippen molar-refractivity contribution in [2.24, 2.45) is 40.4 Å². The summed E-state index contributed by atoms with van der Waals surface area (Å²) in [5, 5.41) is 75.9. The summed E-state index contributed by atoms with van der Waals surface area (Å²) in [6.45, 7) is 10.7. The molecule has 296 valence electrons. The smallest absolute Gasteiger partial charge is 0.187 e. The minimum absolute atomic E-state index is 0.0290. The number of hydrogen-bond acceptors (Lipinski definition) is 13. The number of ether oxygens (including phenoxy) is 6. The first kappa shape index (κ1) is 38.1. The Morgan fingerprint density at radius 1 is 0.827 bits per heavy atom. The van der Waals surface area contributed by atoms with Gasteiger partial charge < -0.3 is 64.2 Å². The van der Waals surface area contributed by atoms with Gasteiger partial charge in [0.1, 0.15) is 48.3 Å². The first-order chi connectivity index (χ1) is 24.6. The molecule has 13 unspecified atom stereocenters. The summed E-state index contributed by atoms with van der Waals surface area (Å²) >= 11 is 0. The van der Waals surface area contributed by atoms with E-state index in [1.54, 1.807) is 0 Å². The van der Waals surface area contributed by atoms with Gasteiger partial charge in [0.2, 0.25) is 0 Å². The van der Waals surface area contributed by atoms with E-state index in [9.17, 15) is 35.7 Å². The molecule has 21 atom stereocenters. The van der Waals surface area contributed by atoms with E-state index in [-0.39, 0.29) is 29.0 Å². The summed E-state index contributed by atoms with van der Waals surface area (Å²) < 4.78 is 36.9. The van der Waals surface area contributed by atoms with E-state index in [0.717, 1.165) is 51.4 Å². The molecule has 0 aromatic carbocycles. The molecule has 7 N–H and O–H groups in total. The first-order valence-corrected chi connectivity index (χ1v) is 19.9. The Labute approximate surface area is 306 Å². The molecule has 4 aliphatic heterocycles. The lowest BCUT2D eigenvalue weighted by Gasteiger charge is -2.60. The number of rotatable bonds is 5. The van der Waals surface area contributed by atoms with Gasteiger partial charge in [-0.15, -0.1) is 0 Å². The average Bonchev–Trinajstić information content (AvgIpc) is 3.48. The van der Waals surface area contributed by atoms with E-state index >= 15 is 0 Å². The molecular weight excluding hydrogens is 676 g/mol. The van der Waals surface area contributed by atoms with Crippen molar-refractivity contribution < 1.29 is 64.2 Å². The number of aliphatic hydroxyl groups excluding tert-OH is 6. The third-order valence-corrected chi connectivity index (χ3v) is 15.8. The fourth-order valence-electron chi connectivity index (χ4n) is 12.5. The summed E-state index contributed by atoms with van der Waals surface area (Å²) in [7, 11) is 0. The standard InChI is InChI=1S/C39H62O13/c1-18-8-13-38(47-17-18)20(3)39(46)27(52-38)15-25-23-7-6-21-14-22(9-11-36(21,4)24(23)10-12-37(25,39)5)49-35-32(45)33(29(42)26(16-40)50-35)51-34-31(44)30(43)28(41)19(2)48-34/h6,18-20,22-35,40-46H,7-17H2,1-5H3/t18?,19?,20?,22?,23-,24-,25-,26?,27+,28?,29?,30?,31?,32?,33?,34?,35?,36+,37+,38-,39-/m1/s1. The topological polar surface area (TPSA) is 197 Å². The van der Waals surface area contributed by atoms with Gasteiger partial charge in [0.05, 0.1) is 31.5 Å². The Bertz CT molecular complexity index is 1350. The van der Waals surface area contributed by atoms with Crippen LogP contribution < -0.4 is 0 Å². The molecule has 0 aromatic rings. The Morgan fingerprint density at radius 3 is 2.29 bits per heavy atom. The molecule has 8 rings (SSSR count). The maximum atomic E-state index is 12.7. The van der Waals surface area contributed by atoms with Crippen LogP contribution in [0, 0.1) is 40.4 Å². The normalized spacial score (nSPS) is 58.9. The second kappa shape index (κ2) is 13.4. The predicted octanol–water partition coefficient (Wildman–Crippen LogP) is 1.50. The number of allylic oxidation sites excluding steroid dienone is 1. The van der Waals surface area contributed by atoms with Gasteiger partial charge in [0.25, 0.3) is 0 Å². The predicted molar refractivity (Wildman–Crippen MR) is 183 cm³/mol. The summed E-state index contributed by atoms with van der Waals surface area (Å²) in [5.41, 5.74) is 0.128. The van der Waals surface area contributed by atoms with Crippen LogP contribution in [0.25, 0.3) is 0 Å². The zero-order chi connectivity index (χ0) is 37.1. The van der Waals surface area contributed by atoms with Crippen LogP contribution in [0.4, 0.5) is 0 Å².